The Morgan fingerprint density at radius 3 is 2.53 bits per heavy atom. The molecule has 174 valence electrons. The van der Waals surface area contributed by atoms with Crippen molar-refractivity contribution in [3.63, 3.8) is 0 Å². The molecule has 0 atom stereocenters. The maximum Gasteiger partial charge on any atom is 0.338 e. The number of carbonyl (C=O) groups excluding carboxylic acids is 4. The molecule has 9 nitrogen and oxygen atoms in total. The van der Waals surface area contributed by atoms with Gasteiger partial charge >= 0.3 is 5.97 Å². The molecule has 0 unspecified atom stereocenters. The van der Waals surface area contributed by atoms with Gasteiger partial charge in [-0.15, -0.1) is 6.58 Å². The minimum absolute atomic E-state index is 0.0677. The summed E-state index contributed by atoms with van der Waals surface area (Å²) in [5.74, 6) is -1.65. The van der Waals surface area contributed by atoms with Crippen molar-refractivity contribution in [3.05, 3.63) is 65.7 Å². The maximum absolute atomic E-state index is 12.4. The smallest absolute Gasteiger partial charge is 0.338 e. The van der Waals surface area contributed by atoms with Gasteiger partial charge in [0, 0.05) is 31.1 Å². The van der Waals surface area contributed by atoms with E-state index in [9.17, 15) is 19.2 Å². The van der Waals surface area contributed by atoms with E-state index < -0.39 is 36.1 Å². The summed E-state index contributed by atoms with van der Waals surface area (Å²) < 4.78 is 17.0. The van der Waals surface area contributed by atoms with Crippen LogP contribution in [-0.4, -0.2) is 47.5 Å². The summed E-state index contributed by atoms with van der Waals surface area (Å²) in [6.45, 7) is 3.09. The van der Waals surface area contributed by atoms with Crippen molar-refractivity contribution >= 4 is 29.4 Å². The van der Waals surface area contributed by atoms with Gasteiger partial charge in [-0.25, -0.2) is 4.79 Å². The van der Waals surface area contributed by atoms with E-state index in [2.05, 4.69) is 11.9 Å². The van der Waals surface area contributed by atoms with E-state index in [4.69, 9.17) is 14.2 Å². The van der Waals surface area contributed by atoms with Gasteiger partial charge in [0.25, 0.3) is 23.5 Å². The van der Waals surface area contributed by atoms with Gasteiger partial charge in [0.15, 0.2) is 18.1 Å². The third kappa shape index (κ3) is 3.79. The molecule has 9 heteroatoms. The van der Waals surface area contributed by atoms with Gasteiger partial charge < -0.3 is 19.5 Å². The van der Waals surface area contributed by atoms with E-state index in [1.807, 2.05) is 0 Å². The van der Waals surface area contributed by atoms with E-state index in [1.165, 1.54) is 24.3 Å². The Morgan fingerprint density at radius 1 is 1.03 bits per heavy atom. The first-order valence-corrected chi connectivity index (χ1v) is 11.0. The van der Waals surface area contributed by atoms with Crippen LogP contribution in [0.5, 0.6) is 11.5 Å². The molecule has 1 aliphatic carbocycles. The normalized spacial score (nSPS) is 17.1. The standard InChI is InChI=1S/C25H22N2O7/c1-2-11-27-22(29)17-7-5-15(12-18(17)23(27)30)24(31)32-14-21(28)26-16-6-8-19-20(13-16)34-25(33-19)9-3-4-10-25/h2,5-8,12-13H,1,3-4,9-11,14H2,(H,26,28). The number of rotatable bonds is 6. The number of esters is 1. The number of hydrogen-bond acceptors (Lipinski definition) is 7. The molecule has 3 amide bonds. The predicted octanol–water partition coefficient (Wildman–Crippen LogP) is 3.31. The molecule has 0 bridgehead atoms. The summed E-state index contributed by atoms with van der Waals surface area (Å²) in [5, 5.41) is 2.67. The van der Waals surface area contributed by atoms with Crippen LogP contribution in [0.15, 0.2) is 49.1 Å². The van der Waals surface area contributed by atoms with Crippen LogP contribution < -0.4 is 14.8 Å². The molecule has 34 heavy (non-hydrogen) atoms. The van der Waals surface area contributed by atoms with Crippen molar-refractivity contribution in [1.82, 2.24) is 4.90 Å². The van der Waals surface area contributed by atoms with Gasteiger partial charge in [0.05, 0.1) is 16.7 Å². The highest BCUT2D eigenvalue weighted by Crippen LogP contribution is 2.47. The quantitative estimate of drug-likeness (QED) is 0.398. The monoisotopic (exact) mass is 462 g/mol. The van der Waals surface area contributed by atoms with E-state index in [1.54, 1.807) is 18.2 Å². The molecule has 2 aromatic carbocycles. The Morgan fingerprint density at radius 2 is 1.76 bits per heavy atom. The molecule has 1 fully saturated rings. The van der Waals surface area contributed by atoms with E-state index >= 15 is 0 Å². The molecule has 0 radical (unpaired) electrons. The number of nitrogens with zero attached hydrogens (tertiary/aromatic N) is 1. The SMILES string of the molecule is C=CCN1C(=O)c2ccc(C(=O)OCC(=O)Nc3ccc4c(c3)OC3(CCCC3)O4)cc2C1=O. The van der Waals surface area contributed by atoms with Gasteiger partial charge in [-0.2, -0.15) is 0 Å². The zero-order chi connectivity index (χ0) is 23.9. The second kappa shape index (κ2) is 8.33. The first kappa shape index (κ1) is 21.7. The van der Waals surface area contributed by atoms with Crippen LogP contribution >= 0.6 is 0 Å². The average Bonchev–Trinajstić information content (AvgIpc) is 3.50. The van der Waals surface area contributed by atoms with Gasteiger partial charge in [-0.3, -0.25) is 19.3 Å². The summed E-state index contributed by atoms with van der Waals surface area (Å²) in [6.07, 6.45) is 5.19. The minimum Gasteiger partial charge on any atom is -0.452 e. The zero-order valence-corrected chi connectivity index (χ0v) is 18.3. The molecule has 1 N–H and O–H groups in total. The van der Waals surface area contributed by atoms with Gasteiger partial charge in [-0.1, -0.05) is 6.08 Å². The molecule has 3 aliphatic rings. The lowest BCUT2D eigenvalue weighted by Crippen LogP contribution is -2.34. The third-order valence-corrected chi connectivity index (χ3v) is 6.04. The number of benzene rings is 2. The van der Waals surface area contributed by atoms with Gasteiger partial charge in [0.2, 0.25) is 0 Å². The fourth-order valence-corrected chi connectivity index (χ4v) is 4.41. The largest absolute Gasteiger partial charge is 0.452 e. The molecular weight excluding hydrogens is 440 g/mol. The van der Waals surface area contributed by atoms with Crippen molar-refractivity contribution in [1.29, 1.82) is 0 Å². The molecule has 2 aromatic rings. The predicted molar refractivity (Wildman–Crippen MR) is 120 cm³/mol. The molecule has 0 aromatic heterocycles. The number of imide groups is 1. The third-order valence-electron chi connectivity index (χ3n) is 6.04. The van der Waals surface area contributed by atoms with Crippen molar-refractivity contribution in [2.75, 3.05) is 18.5 Å². The van der Waals surface area contributed by atoms with Crippen molar-refractivity contribution in [3.8, 4) is 11.5 Å². The number of fused-ring (bicyclic) bond motifs is 2. The maximum atomic E-state index is 12.4. The summed E-state index contributed by atoms with van der Waals surface area (Å²) in [7, 11) is 0. The van der Waals surface area contributed by atoms with Crippen LogP contribution in [0.4, 0.5) is 5.69 Å². The Balaban J connectivity index is 1.19. The first-order valence-electron chi connectivity index (χ1n) is 11.0. The first-order chi connectivity index (χ1) is 16.4. The van der Waals surface area contributed by atoms with Crippen LogP contribution in [0.2, 0.25) is 0 Å². The summed E-state index contributed by atoms with van der Waals surface area (Å²) in [6, 6.07) is 9.20. The molecule has 2 heterocycles. The fourth-order valence-electron chi connectivity index (χ4n) is 4.41. The number of anilines is 1. The van der Waals surface area contributed by atoms with Gasteiger partial charge in [0.1, 0.15) is 0 Å². The highest BCUT2D eigenvalue weighted by molar-refractivity contribution is 6.22. The summed E-state index contributed by atoms with van der Waals surface area (Å²) in [4.78, 5) is 50.5. The number of carbonyl (C=O) groups is 4. The van der Waals surface area contributed by atoms with Crippen molar-refractivity contribution in [2.45, 2.75) is 31.5 Å². The highest BCUT2D eigenvalue weighted by Gasteiger charge is 2.44. The van der Waals surface area contributed by atoms with E-state index in [-0.39, 0.29) is 23.2 Å². The lowest BCUT2D eigenvalue weighted by molar-refractivity contribution is -0.119. The summed E-state index contributed by atoms with van der Waals surface area (Å²) >= 11 is 0. The molecule has 5 rings (SSSR count). The van der Waals surface area contributed by atoms with Crippen LogP contribution in [0.1, 0.15) is 56.8 Å². The number of ether oxygens (including phenoxy) is 3. The van der Waals surface area contributed by atoms with Crippen LogP contribution in [-0.2, 0) is 9.53 Å². The number of amides is 3. The van der Waals surface area contributed by atoms with Crippen LogP contribution in [0, 0.1) is 0 Å². The second-order valence-corrected chi connectivity index (χ2v) is 8.38. The molecule has 0 saturated heterocycles. The Labute approximate surface area is 195 Å². The lowest BCUT2D eigenvalue weighted by atomic mass is 10.1. The Hall–Kier alpha value is -4.14. The minimum atomic E-state index is -0.783. The number of nitrogens with one attached hydrogen (secondary N) is 1. The summed E-state index contributed by atoms with van der Waals surface area (Å²) in [5.41, 5.74) is 0.884. The fraction of sp³-hybridized carbons (Fsp3) is 0.280. The molecule has 1 spiro atoms. The molecular formula is C25H22N2O7. The second-order valence-electron chi connectivity index (χ2n) is 8.38. The highest BCUT2D eigenvalue weighted by atomic mass is 16.7. The molecule has 2 aliphatic heterocycles. The van der Waals surface area contributed by atoms with Crippen molar-refractivity contribution in [2.24, 2.45) is 0 Å². The number of hydrogen-bond donors (Lipinski definition) is 1. The van der Waals surface area contributed by atoms with Gasteiger partial charge in [-0.05, 0) is 43.2 Å². The van der Waals surface area contributed by atoms with Crippen LogP contribution in [0.3, 0.4) is 0 Å². The molecule has 1 saturated carbocycles. The van der Waals surface area contributed by atoms with Crippen molar-refractivity contribution < 1.29 is 33.4 Å². The van der Waals surface area contributed by atoms with Crippen LogP contribution in [0.25, 0.3) is 0 Å². The van der Waals surface area contributed by atoms with E-state index in [0.29, 0.717) is 17.2 Å². The average molecular weight is 462 g/mol. The van der Waals surface area contributed by atoms with E-state index in [0.717, 1.165) is 30.6 Å². The lowest BCUT2D eigenvalue weighted by Gasteiger charge is -2.21. The Kier molecular flexibility index (Phi) is 5.31. The zero-order valence-electron chi connectivity index (χ0n) is 18.3. The topological polar surface area (TPSA) is 111 Å². The Bertz CT molecular complexity index is 1230.